The summed E-state index contributed by atoms with van der Waals surface area (Å²) in [4.78, 5) is 12.6. The Labute approximate surface area is 119 Å². The van der Waals surface area contributed by atoms with Gasteiger partial charge in [0.25, 0.3) is 0 Å². The third-order valence-corrected chi connectivity index (χ3v) is 4.33. The highest BCUT2D eigenvalue weighted by molar-refractivity contribution is 6.07. The van der Waals surface area contributed by atoms with Gasteiger partial charge in [-0.15, -0.1) is 0 Å². The lowest BCUT2D eigenvalue weighted by molar-refractivity contribution is -0.121. The number of benzene rings is 1. The van der Waals surface area contributed by atoms with Crippen LogP contribution >= 0.6 is 0 Å². The fourth-order valence-electron chi connectivity index (χ4n) is 3.27. The Morgan fingerprint density at radius 1 is 1.20 bits per heavy atom. The van der Waals surface area contributed by atoms with E-state index in [0.717, 1.165) is 42.8 Å². The summed E-state index contributed by atoms with van der Waals surface area (Å²) in [5.41, 5.74) is 1.35. The molecule has 20 heavy (non-hydrogen) atoms. The fourth-order valence-corrected chi connectivity index (χ4v) is 3.27. The molecule has 1 aliphatic carbocycles. The molecule has 1 aliphatic heterocycles. The lowest BCUT2D eigenvalue weighted by atomic mass is 9.86. The van der Waals surface area contributed by atoms with Crippen LogP contribution in [0, 0.1) is 0 Å². The predicted octanol–water partition coefficient (Wildman–Crippen LogP) is 3.54. The molecule has 0 radical (unpaired) electrons. The molecule has 3 rings (SSSR count). The normalized spacial score (nSPS) is 20.6. The number of amides is 1. The van der Waals surface area contributed by atoms with Gasteiger partial charge in [-0.05, 0) is 31.9 Å². The minimum atomic E-state index is -0.422. The second-order valence-corrected chi connectivity index (χ2v) is 5.69. The van der Waals surface area contributed by atoms with E-state index in [-0.39, 0.29) is 5.91 Å². The summed E-state index contributed by atoms with van der Waals surface area (Å²) in [6.07, 6.45) is 6.50. The molecular weight excluding hydrogens is 252 g/mol. The minimum absolute atomic E-state index is 0.0963. The average molecular weight is 274 g/mol. The number of carbonyl (C=O) groups excluding carboxylic acids is 1. The van der Waals surface area contributed by atoms with Crippen molar-refractivity contribution in [1.82, 2.24) is 0 Å². The van der Waals surface area contributed by atoms with E-state index in [9.17, 15) is 4.79 Å². The van der Waals surface area contributed by atoms with Crippen molar-refractivity contribution in [3.63, 3.8) is 0 Å². The molecule has 0 unspecified atom stereocenters. The van der Waals surface area contributed by atoms with Crippen LogP contribution in [-0.4, -0.2) is 18.1 Å². The van der Waals surface area contributed by atoms with Crippen molar-refractivity contribution in [3.8, 4) is 5.75 Å². The van der Waals surface area contributed by atoms with Crippen LogP contribution in [0.3, 0.4) is 0 Å². The molecule has 0 aromatic heterocycles. The molecule has 1 fully saturated rings. The maximum atomic E-state index is 12.6. The third-order valence-electron chi connectivity index (χ3n) is 4.33. The van der Waals surface area contributed by atoms with E-state index in [1.807, 2.05) is 25.1 Å². The molecule has 0 atom stereocenters. The summed E-state index contributed by atoms with van der Waals surface area (Å²) in [6, 6.07) is 5.89. The van der Waals surface area contributed by atoms with Gasteiger partial charge in [-0.25, -0.2) is 0 Å². The van der Waals surface area contributed by atoms with E-state index in [1.54, 1.807) is 0 Å². The first kappa shape index (κ1) is 13.3. The second kappa shape index (κ2) is 5.35. The van der Waals surface area contributed by atoms with Crippen LogP contribution in [0.4, 0.5) is 11.4 Å². The van der Waals surface area contributed by atoms with Gasteiger partial charge in [0.05, 0.1) is 12.3 Å². The van der Waals surface area contributed by atoms with Crippen molar-refractivity contribution in [2.24, 2.45) is 0 Å². The standard InChI is InChI=1S/C16H22N2O2/c1-2-20-13-9-7-8-12-14(13)17-15(19)16(18-12)10-5-3-4-6-11-16/h7-9,18H,2-6,10-11H2,1H3,(H,17,19). The van der Waals surface area contributed by atoms with Crippen molar-refractivity contribution in [3.05, 3.63) is 18.2 Å². The Morgan fingerprint density at radius 3 is 2.65 bits per heavy atom. The fraction of sp³-hybridized carbons (Fsp3) is 0.562. The summed E-state index contributed by atoms with van der Waals surface area (Å²) in [7, 11) is 0. The van der Waals surface area contributed by atoms with E-state index in [0.29, 0.717) is 6.61 Å². The maximum Gasteiger partial charge on any atom is 0.250 e. The van der Waals surface area contributed by atoms with E-state index in [1.165, 1.54) is 12.8 Å². The predicted molar refractivity (Wildman–Crippen MR) is 80.3 cm³/mol. The molecule has 0 bridgehead atoms. The van der Waals surface area contributed by atoms with Gasteiger partial charge in [0, 0.05) is 0 Å². The summed E-state index contributed by atoms with van der Waals surface area (Å²) in [5, 5.41) is 6.58. The zero-order valence-corrected chi connectivity index (χ0v) is 12.0. The second-order valence-electron chi connectivity index (χ2n) is 5.69. The van der Waals surface area contributed by atoms with Crippen LogP contribution in [0.5, 0.6) is 5.75 Å². The molecule has 1 spiro atoms. The lowest BCUT2D eigenvalue weighted by Gasteiger charge is -2.38. The number of para-hydroxylation sites is 1. The average Bonchev–Trinajstić information content (AvgIpc) is 2.68. The maximum absolute atomic E-state index is 12.6. The number of ether oxygens (including phenoxy) is 1. The van der Waals surface area contributed by atoms with Crippen LogP contribution in [0.2, 0.25) is 0 Å². The molecule has 1 saturated carbocycles. The summed E-state index contributed by atoms with van der Waals surface area (Å²) in [6.45, 7) is 2.54. The highest BCUT2D eigenvalue weighted by Gasteiger charge is 2.42. The zero-order chi connectivity index (χ0) is 14.0. The summed E-state index contributed by atoms with van der Waals surface area (Å²) < 4.78 is 5.60. The van der Waals surface area contributed by atoms with Crippen LogP contribution in [0.1, 0.15) is 45.4 Å². The van der Waals surface area contributed by atoms with Crippen molar-refractivity contribution >= 4 is 17.3 Å². The van der Waals surface area contributed by atoms with Crippen LogP contribution in [0.25, 0.3) is 0 Å². The molecule has 1 aromatic rings. The Morgan fingerprint density at radius 2 is 1.95 bits per heavy atom. The van der Waals surface area contributed by atoms with E-state index >= 15 is 0 Å². The van der Waals surface area contributed by atoms with E-state index in [2.05, 4.69) is 10.6 Å². The molecule has 4 heteroatoms. The van der Waals surface area contributed by atoms with Crippen LogP contribution in [-0.2, 0) is 4.79 Å². The number of nitrogens with one attached hydrogen (secondary N) is 2. The van der Waals surface area contributed by atoms with Crippen molar-refractivity contribution < 1.29 is 9.53 Å². The van der Waals surface area contributed by atoms with Gasteiger partial charge in [-0.2, -0.15) is 0 Å². The van der Waals surface area contributed by atoms with Crippen LogP contribution in [0.15, 0.2) is 18.2 Å². The van der Waals surface area contributed by atoms with Gasteiger partial charge in [-0.3, -0.25) is 4.79 Å². The summed E-state index contributed by atoms with van der Waals surface area (Å²) in [5.74, 6) is 0.841. The highest BCUT2D eigenvalue weighted by atomic mass is 16.5. The van der Waals surface area contributed by atoms with E-state index in [4.69, 9.17) is 4.74 Å². The van der Waals surface area contributed by atoms with Gasteiger partial charge in [0.2, 0.25) is 5.91 Å². The molecule has 2 aliphatic rings. The number of hydrogen-bond acceptors (Lipinski definition) is 3. The van der Waals surface area contributed by atoms with Gasteiger partial charge >= 0.3 is 0 Å². The molecular formula is C16H22N2O2. The molecule has 4 nitrogen and oxygen atoms in total. The molecule has 1 aromatic carbocycles. The number of anilines is 2. The van der Waals surface area contributed by atoms with E-state index < -0.39 is 5.54 Å². The largest absolute Gasteiger partial charge is 0.492 e. The first-order chi connectivity index (χ1) is 9.75. The Hall–Kier alpha value is -1.71. The minimum Gasteiger partial charge on any atom is -0.492 e. The molecule has 1 heterocycles. The van der Waals surface area contributed by atoms with Crippen molar-refractivity contribution in [1.29, 1.82) is 0 Å². The Balaban J connectivity index is 1.94. The molecule has 0 saturated heterocycles. The number of hydrogen-bond donors (Lipinski definition) is 2. The van der Waals surface area contributed by atoms with Crippen LogP contribution < -0.4 is 15.4 Å². The Bertz CT molecular complexity index is 505. The number of rotatable bonds is 2. The number of carbonyl (C=O) groups is 1. The highest BCUT2D eigenvalue weighted by Crippen LogP contribution is 2.42. The molecule has 108 valence electrons. The third kappa shape index (κ3) is 2.23. The van der Waals surface area contributed by atoms with Gasteiger partial charge < -0.3 is 15.4 Å². The first-order valence-electron chi connectivity index (χ1n) is 7.61. The van der Waals surface area contributed by atoms with Crippen molar-refractivity contribution in [2.75, 3.05) is 17.2 Å². The van der Waals surface area contributed by atoms with Gasteiger partial charge in [0.15, 0.2) is 0 Å². The topological polar surface area (TPSA) is 50.4 Å². The smallest absolute Gasteiger partial charge is 0.250 e. The molecule has 2 N–H and O–H groups in total. The Kier molecular flexibility index (Phi) is 3.55. The zero-order valence-electron chi connectivity index (χ0n) is 12.0. The molecule has 1 amide bonds. The monoisotopic (exact) mass is 274 g/mol. The first-order valence-corrected chi connectivity index (χ1v) is 7.61. The number of fused-ring (bicyclic) bond motifs is 1. The lowest BCUT2D eigenvalue weighted by Crippen LogP contribution is -2.52. The SMILES string of the molecule is CCOc1cccc2c1NC(=O)C1(CCCCCC1)N2. The summed E-state index contributed by atoms with van der Waals surface area (Å²) >= 11 is 0. The van der Waals surface area contributed by atoms with Gasteiger partial charge in [0.1, 0.15) is 17.0 Å². The van der Waals surface area contributed by atoms with Gasteiger partial charge in [-0.1, -0.05) is 31.7 Å². The van der Waals surface area contributed by atoms with Crippen molar-refractivity contribution in [2.45, 2.75) is 51.0 Å². The quantitative estimate of drug-likeness (QED) is 0.867.